The minimum absolute atomic E-state index is 0.0214. The van der Waals surface area contributed by atoms with E-state index < -0.39 is 0 Å². The highest BCUT2D eigenvalue weighted by Crippen LogP contribution is 2.19. The lowest BCUT2D eigenvalue weighted by molar-refractivity contribution is -0.120. The summed E-state index contributed by atoms with van der Waals surface area (Å²) in [6, 6.07) is 8.33. The van der Waals surface area contributed by atoms with E-state index in [1.807, 2.05) is 6.07 Å². The lowest BCUT2D eigenvalue weighted by Gasteiger charge is -2.21. The number of rotatable bonds is 2. The fourth-order valence-corrected chi connectivity index (χ4v) is 2.47. The predicted octanol–water partition coefficient (Wildman–Crippen LogP) is 1.73. The van der Waals surface area contributed by atoms with Crippen LogP contribution in [0, 0.1) is 5.92 Å². The second-order valence-electron chi connectivity index (χ2n) is 5.04. The lowest BCUT2D eigenvalue weighted by atomic mass is 9.99. The van der Waals surface area contributed by atoms with Crippen molar-refractivity contribution < 1.29 is 9.21 Å². The maximum atomic E-state index is 12.1. The number of benzene rings is 1. The van der Waals surface area contributed by atoms with Gasteiger partial charge in [-0.2, -0.15) is 0 Å². The smallest absolute Gasteiger partial charge is 0.336 e. The summed E-state index contributed by atoms with van der Waals surface area (Å²) in [5.74, 6) is 0.0575. The molecule has 1 amide bonds. The molecule has 1 fully saturated rings. The topological polar surface area (TPSA) is 71.3 Å². The van der Waals surface area contributed by atoms with Crippen LogP contribution in [0.4, 0.5) is 5.69 Å². The predicted molar refractivity (Wildman–Crippen MR) is 76.7 cm³/mol. The van der Waals surface area contributed by atoms with E-state index in [0.717, 1.165) is 37.0 Å². The largest absolute Gasteiger partial charge is 0.423 e. The minimum Gasteiger partial charge on any atom is -0.423 e. The standard InChI is InChI=1S/C15H16N2O3/c18-14-6-3-10-8-12(4-5-13(10)20-14)17-15(19)11-2-1-7-16-9-11/h3-6,8,11,16H,1-2,7,9H2,(H,17,19). The number of carbonyl (C=O) groups is 1. The molecule has 2 heterocycles. The number of hydrogen-bond acceptors (Lipinski definition) is 4. The molecule has 0 radical (unpaired) electrons. The SMILES string of the molecule is O=C(Nc1ccc2oc(=O)ccc2c1)C1CCCNC1. The average Bonchev–Trinajstić information content (AvgIpc) is 2.48. The van der Waals surface area contributed by atoms with Crippen LogP contribution in [0.3, 0.4) is 0 Å². The molecule has 20 heavy (non-hydrogen) atoms. The second kappa shape index (κ2) is 5.46. The average molecular weight is 272 g/mol. The summed E-state index contributed by atoms with van der Waals surface area (Å²) >= 11 is 0. The summed E-state index contributed by atoms with van der Waals surface area (Å²) in [6.45, 7) is 1.72. The zero-order valence-corrected chi connectivity index (χ0v) is 11.0. The van der Waals surface area contributed by atoms with Gasteiger partial charge >= 0.3 is 5.63 Å². The zero-order chi connectivity index (χ0) is 13.9. The van der Waals surface area contributed by atoms with Crippen molar-refractivity contribution in [3.63, 3.8) is 0 Å². The van der Waals surface area contributed by atoms with Gasteiger partial charge in [0.1, 0.15) is 5.58 Å². The molecule has 0 saturated carbocycles. The Morgan fingerprint density at radius 1 is 1.30 bits per heavy atom. The number of nitrogens with one attached hydrogen (secondary N) is 2. The van der Waals surface area contributed by atoms with Crippen LogP contribution in [0.1, 0.15) is 12.8 Å². The lowest BCUT2D eigenvalue weighted by Crippen LogP contribution is -2.37. The van der Waals surface area contributed by atoms with Crippen LogP contribution in [0.5, 0.6) is 0 Å². The summed E-state index contributed by atoms with van der Waals surface area (Å²) < 4.78 is 5.06. The van der Waals surface area contributed by atoms with Gasteiger partial charge in [-0.1, -0.05) is 0 Å². The molecule has 1 unspecified atom stereocenters. The molecule has 1 aromatic carbocycles. The third kappa shape index (κ3) is 2.72. The van der Waals surface area contributed by atoms with E-state index in [2.05, 4.69) is 10.6 Å². The first-order valence-electron chi connectivity index (χ1n) is 6.78. The molecule has 1 aliphatic rings. The van der Waals surface area contributed by atoms with Crippen molar-refractivity contribution in [3.05, 3.63) is 40.8 Å². The van der Waals surface area contributed by atoms with Crippen LogP contribution in [0.2, 0.25) is 0 Å². The van der Waals surface area contributed by atoms with Crippen molar-refractivity contribution in [2.45, 2.75) is 12.8 Å². The molecule has 5 nitrogen and oxygen atoms in total. The van der Waals surface area contributed by atoms with E-state index in [9.17, 15) is 9.59 Å². The highest BCUT2D eigenvalue weighted by Gasteiger charge is 2.20. The van der Waals surface area contributed by atoms with E-state index in [1.165, 1.54) is 6.07 Å². The van der Waals surface area contributed by atoms with E-state index >= 15 is 0 Å². The van der Waals surface area contributed by atoms with Crippen molar-refractivity contribution >= 4 is 22.6 Å². The van der Waals surface area contributed by atoms with Gasteiger partial charge in [0.2, 0.25) is 5.91 Å². The quantitative estimate of drug-likeness (QED) is 0.817. The number of amides is 1. The number of piperidine rings is 1. The molecule has 3 rings (SSSR count). The molecule has 1 aliphatic heterocycles. The molecule has 0 aliphatic carbocycles. The van der Waals surface area contributed by atoms with Crippen LogP contribution in [0.25, 0.3) is 11.0 Å². The first kappa shape index (κ1) is 12.9. The fraction of sp³-hybridized carbons (Fsp3) is 0.333. The fourth-order valence-electron chi connectivity index (χ4n) is 2.47. The normalized spacial score (nSPS) is 18.9. The van der Waals surface area contributed by atoms with E-state index in [0.29, 0.717) is 5.58 Å². The Morgan fingerprint density at radius 3 is 3.00 bits per heavy atom. The minimum atomic E-state index is -0.373. The Labute approximate surface area is 116 Å². The van der Waals surface area contributed by atoms with Crippen LogP contribution >= 0.6 is 0 Å². The monoisotopic (exact) mass is 272 g/mol. The molecular formula is C15H16N2O3. The summed E-state index contributed by atoms with van der Waals surface area (Å²) in [5.41, 5.74) is 0.874. The Morgan fingerprint density at radius 2 is 2.20 bits per heavy atom. The Kier molecular flexibility index (Phi) is 3.52. The second-order valence-corrected chi connectivity index (χ2v) is 5.04. The molecule has 0 bridgehead atoms. The van der Waals surface area contributed by atoms with Gasteiger partial charge in [-0.3, -0.25) is 4.79 Å². The number of hydrogen-bond donors (Lipinski definition) is 2. The van der Waals surface area contributed by atoms with Gasteiger partial charge in [0.25, 0.3) is 0 Å². The van der Waals surface area contributed by atoms with E-state index in [4.69, 9.17) is 4.42 Å². The van der Waals surface area contributed by atoms with Gasteiger partial charge in [0.05, 0.1) is 5.92 Å². The van der Waals surface area contributed by atoms with Gasteiger partial charge in [0.15, 0.2) is 0 Å². The first-order chi connectivity index (χ1) is 9.72. The maximum absolute atomic E-state index is 12.1. The molecule has 104 valence electrons. The van der Waals surface area contributed by atoms with Crippen molar-refractivity contribution in [1.29, 1.82) is 0 Å². The number of anilines is 1. The molecule has 1 atom stereocenters. The highest BCUT2D eigenvalue weighted by molar-refractivity contribution is 5.94. The highest BCUT2D eigenvalue weighted by atomic mass is 16.4. The summed E-state index contributed by atoms with van der Waals surface area (Å²) in [6.07, 6.45) is 1.95. The first-order valence-corrected chi connectivity index (χ1v) is 6.78. The maximum Gasteiger partial charge on any atom is 0.336 e. The van der Waals surface area contributed by atoms with Crippen molar-refractivity contribution in [3.8, 4) is 0 Å². The van der Waals surface area contributed by atoms with Crippen molar-refractivity contribution in [1.82, 2.24) is 5.32 Å². The Bertz CT molecular complexity index is 687. The molecule has 0 spiro atoms. The summed E-state index contributed by atoms with van der Waals surface area (Å²) in [5, 5.41) is 6.94. The van der Waals surface area contributed by atoms with Crippen molar-refractivity contribution in [2.24, 2.45) is 5.92 Å². The van der Waals surface area contributed by atoms with Gasteiger partial charge in [-0.05, 0) is 43.7 Å². The molecular weight excluding hydrogens is 256 g/mol. The van der Waals surface area contributed by atoms with Crippen LogP contribution < -0.4 is 16.3 Å². The molecule has 5 heteroatoms. The van der Waals surface area contributed by atoms with Gasteiger partial charge in [-0.25, -0.2) is 4.79 Å². The van der Waals surface area contributed by atoms with Crippen LogP contribution in [-0.2, 0) is 4.79 Å². The van der Waals surface area contributed by atoms with Gasteiger partial charge in [0, 0.05) is 23.7 Å². The van der Waals surface area contributed by atoms with Crippen LogP contribution in [0.15, 0.2) is 39.5 Å². The molecule has 2 N–H and O–H groups in total. The van der Waals surface area contributed by atoms with E-state index in [1.54, 1.807) is 18.2 Å². The Balaban J connectivity index is 1.78. The summed E-state index contributed by atoms with van der Waals surface area (Å²) in [4.78, 5) is 23.2. The third-order valence-corrected chi connectivity index (χ3v) is 3.55. The van der Waals surface area contributed by atoms with Crippen molar-refractivity contribution in [2.75, 3.05) is 18.4 Å². The van der Waals surface area contributed by atoms with Gasteiger partial charge in [-0.15, -0.1) is 0 Å². The van der Waals surface area contributed by atoms with Crippen LogP contribution in [-0.4, -0.2) is 19.0 Å². The summed E-state index contributed by atoms with van der Waals surface area (Å²) in [7, 11) is 0. The number of carbonyl (C=O) groups excluding carboxylic acids is 1. The molecule has 2 aromatic rings. The van der Waals surface area contributed by atoms with E-state index in [-0.39, 0.29) is 17.5 Å². The molecule has 1 aromatic heterocycles. The zero-order valence-electron chi connectivity index (χ0n) is 11.0. The molecule has 1 saturated heterocycles. The van der Waals surface area contributed by atoms with Gasteiger partial charge < -0.3 is 15.1 Å². The number of fused-ring (bicyclic) bond motifs is 1. The third-order valence-electron chi connectivity index (χ3n) is 3.55. The Hall–Kier alpha value is -2.14.